The number of nitrogens with zero attached hydrogens (tertiary/aromatic N) is 1. The molecule has 1 aliphatic heterocycles. The molecule has 1 atom stereocenters. The van der Waals surface area contributed by atoms with Gasteiger partial charge in [0.15, 0.2) is 0 Å². The van der Waals surface area contributed by atoms with Crippen LogP contribution in [0.15, 0.2) is 42.5 Å². The Bertz CT molecular complexity index is 729. The highest BCUT2D eigenvalue weighted by Crippen LogP contribution is 2.29. The predicted molar refractivity (Wildman–Crippen MR) is 95.9 cm³/mol. The zero-order valence-electron chi connectivity index (χ0n) is 13.9. The zero-order chi connectivity index (χ0) is 17.1. The van der Waals surface area contributed by atoms with Gasteiger partial charge in [-0.2, -0.15) is 0 Å². The number of rotatable bonds is 5. The van der Waals surface area contributed by atoms with E-state index in [2.05, 4.69) is 22.3 Å². The van der Waals surface area contributed by atoms with Crippen LogP contribution in [0.3, 0.4) is 0 Å². The lowest BCUT2D eigenvalue weighted by Gasteiger charge is -2.25. The summed E-state index contributed by atoms with van der Waals surface area (Å²) < 4.78 is 5.57. The maximum Gasteiger partial charge on any atom is 0.251 e. The quantitative estimate of drug-likeness (QED) is 0.904. The van der Waals surface area contributed by atoms with Crippen molar-refractivity contribution in [3.05, 3.63) is 64.2 Å². The first kappa shape index (κ1) is 16.8. The molecule has 0 spiro atoms. The van der Waals surface area contributed by atoms with Gasteiger partial charge < -0.3 is 15.0 Å². The lowest BCUT2D eigenvalue weighted by Crippen LogP contribution is -2.34. The second kappa shape index (κ2) is 7.24. The number of carbonyl (C=O) groups is 1. The summed E-state index contributed by atoms with van der Waals surface area (Å²) in [5.41, 5.74) is 3.03. The number of hydrogen-bond donors (Lipinski definition) is 1. The molecule has 1 heterocycles. The summed E-state index contributed by atoms with van der Waals surface area (Å²) in [6.45, 7) is 1.28. The van der Waals surface area contributed by atoms with Gasteiger partial charge in [-0.3, -0.25) is 4.79 Å². The average Bonchev–Trinajstić information content (AvgIpc) is 3.03. The molecule has 2 aromatic rings. The largest absolute Gasteiger partial charge is 0.493 e. The molecular formula is C19H21ClN2O2. The average molecular weight is 345 g/mol. The summed E-state index contributed by atoms with van der Waals surface area (Å²) in [5.74, 6) is 0.879. The molecule has 0 aliphatic carbocycles. The molecule has 1 unspecified atom stereocenters. The molecule has 1 amide bonds. The summed E-state index contributed by atoms with van der Waals surface area (Å²) in [5, 5.41) is 3.63. The summed E-state index contributed by atoms with van der Waals surface area (Å²) in [4.78, 5) is 14.4. The topological polar surface area (TPSA) is 41.6 Å². The molecule has 0 fully saturated rings. The van der Waals surface area contributed by atoms with Crippen LogP contribution in [0.5, 0.6) is 5.75 Å². The standard InChI is InChI=1S/C19H21ClN2O2/c1-22(2)17(14-5-8-18-15(11-14)9-10-24-18)12-21-19(23)13-3-6-16(20)7-4-13/h3-8,11,17H,9-10,12H2,1-2H3,(H,21,23). The van der Waals surface area contributed by atoms with Crippen molar-refractivity contribution in [3.8, 4) is 5.75 Å². The van der Waals surface area contributed by atoms with Crippen molar-refractivity contribution >= 4 is 17.5 Å². The van der Waals surface area contributed by atoms with Gasteiger partial charge in [0.1, 0.15) is 5.75 Å². The third-order valence-electron chi connectivity index (χ3n) is 4.28. The number of fused-ring (bicyclic) bond motifs is 1. The second-order valence-corrected chi connectivity index (χ2v) is 6.60. The van der Waals surface area contributed by atoms with Gasteiger partial charge in [-0.1, -0.05) is 23.7 Å². The number of hydrogen-bond acceptors (Lipinski definition) is 3. The van der Waals surface area contributed by atoms with E-state index in [4.69, 9.17) is 16.3 Å². The molecule has 1 N–H and O–H groups in total. The molecule has 0 radical (unpaired) electrons. The van der Waals surface area contributed by atoms with Crippen molar-refractivity contribution in [2.75, 3.05) is 27.2 Å². The highest BCUT2D eigenvalue weighted by Gasteiger charge is 2.19. The molecule has 0 aromatic heterocycles. The fraction of sp³-hybridized carbons (Fsp3) is 0.316. The number of ether oxygens (including phenoxy) is 1. The Hall–Kier alpha value is -2.04. The van der Waals surface area contributed by atoms with E-state index >= 15 is 0 Å². The fourth-order valence-electron chi connectivity index (χ4n) is 2.91. The molecule has 0 saturated heterocycles. The number of carbonyl (C=O) groups excluding carboxylic acids is 1. The summed E-state index contributed by atoms with van der Waals surface area (Å²) in [6, 6.07) is 13.3. The molecule has 3 rings (SSSR count). The minimum atomic E-state index is -0.0944. The van der Waals surface area contributed by atoms with Crippen molar-refractivity contribution < 1.29 is 9.53 Å². The normalized spacial score (nSPS) is 14.2. The van der Waals surface area contributed by atoms with Crippen LogP contribution >= 0.6 is 11.6 Å². The molecule has 5 heteroatoms. The van der Waals surface area contributed by atoms with Crippen molar-refractivity contribution in [1.29, 1.82) is 0 Å². The van der Waals surface area contributed by atoms with E-state index in [9.17, 15) is 4.79 Å². The Morgan fingerprint density at radius 3 is 2.71 bits per heavy atom. The SMILES string of the molecule is CN(C)C(CNC(=O)c1ccc(Cl)cc1)c1ccc2c(c1)CCO2. The Labute approximate surface area is 147 Å². The van der Waals surface area contributed by atoms with Crippen molar-refractivity contribution in [1.82, 2.24) is 10.2 Å². The van der Waals surface area contributed by atoms with Gasteiger partial charge in [-0.25, -0.2) is 0 Å². The van der Waals surface area contributed by atoms with Crippen LogP contribution in [-0.2, 0) is 6.42 Å². The Balaban J connectivity index is 1.70. The minimum absolute atomic E-state index is 0.0944. The maximum atomic E-state index is 12.3. The maximum absolute atomic E-state index is 12.3. The summed E-state index contributed by atoms with van der Waals surface area (Å²) in [6.07, 6.45) is 0.945. The van der Waals surface area contributed by atoms with Crippen LogP contribution in [0.2, 0.25) is 5.02 Å². The predicted octanol–water partition coefficient (Wildman–Crippen LogP) is 3.31. The minimum Gasteiger partial charge on any atom is -0.493 e. The molecule has 4 nitrogen and oxygen atoms in total. The first-order valence-electron chi connectivity index (χ1n) is 8.00. The highest BCUT2D eigenvalue weighted by atomic mass is 35.5. The van der Waals surface area contributed by atoms with Gasteiger partial charge >= 0.3 is 0 Å². The van der Waals surface area contributed by atoms with Gasteiger partial charge in [-0.05, 0) is 55.6 Å². The Morgan fingerprint density at radius 1 is 1.25 bits per heavy atom. The first-order chi connectivity index (χ1) is 11.5. The Kier molecular flexibility index (Phi) is 5.07. The van der Waals surface area contributed by atoms with Crippen LogP contribution in [0.25, 0.3) is 0 Å². The van der Waals surface area contributed by atoms with E-state index in [1.54, 1.807) is 24.3 Å². The Morgan fingerprint density at radius 2 is 2.00 bits per heavy atom. The lowest BCUT2D eigenvalue weighted by molar-refractivity contribution is 0.0942. The molecule has 24 heavy (non-hydrogen) atoms. The van der Waals surface area contributed by atoms with E-state index < -0.39 is 0 Å². The van der Waals surface area contributed by atoms with Crippen LogP contribution in [0.1, 0.15) is 27.5 Å². The van der Waals surface area contributed by atoms with Gasteiger partial charge in [0.05, 0.1) is 12.6 Å². The van der Waals surface area contributed by atoms with E-state index in [-0.39, 0.29) is 11.9 Å². The van der Waals surface area contributed by atoms with E-state index in [0.29, 0.717) is 17.1 Å². The molecule has 1 aliphatic rings. The first-order valence-corrected chi connectivity index (χ1v) is 8.38. The second-order valence-electron chi connectivity index (χ2n) is 6.16. The third kappa shape index (κ3) is 3.71. The molecular weight excluding hydrogens is 324 g/mol. The van der Waals surface area contributed by atoms with Crippen molar-refractivity contribution in [2.45, 2.75) is 12.5 Å². The van der Waals surface area contributed by atoms with Crippen LogP contribution in [0, 0.1) is 0 Å². The van der Waals surface area contributed by atoms with Crippen LogP contribution in [-0.4, -0.2) is 38.1 Å². The highest BCUT2D eigenvalue weighted by molar-refractivity contribution is 6.30. The monoisotopic (exact) mass is 344 g/mol. The number of likely N-dealkylation sites (N-methyl/N-ethyl adjacent to an activating group) is 1. The van der Waals surface area contributed by atoms with E-state index in [1.807, 2.05) is 20.2 Å². The molecule has 0 bridgehead atoms. The van der Waals surface area contributed by atoms with Gasteiger partial charge in [0.2, 0.25) is 0 Å². The number of amides is 1. The van der Waals surface area contributed by atoms with Crippen molar-refractivity contribution in [2.24, 2.45) is 0 Å². The fourth-order valence-corrected chi connectivity index (χ4v) is 3.03. The molecule has 126 valence electrons. The van der Waals surface area contributed by atoms with Gasteiger partial charge in [0, 0.05) is 23.6 Å². The lowest BCUT2D eigenvalue weighted by atomic mass is 10.0. The zero-order valence-corrected chi connectivity index (χ0v) is 14.6. The van der Waals surface area contributed by atoms with Crippen LogP contribution < -0.4 is 10.1 Å². The van der Waals surface area contributed by atoms with E-state index in [1.165, 1.54) is 11.1 Å². The third-order valence-corrected chi connectivity index (χ3v) is 4.54. The summed E-state index contributed by atoms with van der Waals surface area (Å²) in [7, 11) is 4.03. The van der Waals surface area contributed by atoms with Crippen molar-refractivity contribution in [3.63, 3.8) is 0 Å². The number of nitrogens with one attached hydrogen (secondary N) is 1. The number of halogens is 1. The van der Waals surface area contributed by atoms with Crippen LogP contribution in [0.4, 0.5) is 0 Å². The number of benzene rings is 2. The van der Waals surface area contributed by atoms with Gasteiger partial charge in [0.25, 0.3) is 5.91 Å². The van der Waals surface area contributed by atoms with E-state index in [0.717, 1.165) is 18.8 Å². The smallest absolute Gasteiger partial charge is 0.251 e. The molecule has 0 saturated carbocycles. The molecule has 2 aromatic carbocycles. The summed E-state index contributed by atoms with van der Waals surface area (Å²) >= 11 is 5.86. The van der Waals surface area contributed by atoms with Gasteiger partial charge in [-0.15, -0.1) is 0 Å².